The Morgan fingerprint density at radius 3 is 2.37 bits per heavy atom. The van der Waals surface area contributed by atoms with E-state index in [2.05, 4.69) is 4.98 Å². The van der Waals surface area contributed by atoms with Crippen molar-refractivity contribution in [3.8, 4) is 0 Å². The Labute approximate surface area is 113 Å². The fraction of sp³-hybridized carbons (Fsp3) is 0.571. The number of carbonyl (C=O) groups excluding carboxylic acids is 1. The van der Waals surface area contributed by atoms with Gasteiger partial charge in [0, 0.05) is 24.7 Å². The fourth-order valence-corrected chi connectivity index (χ4v) is 1.91. The molecular weight excluding hydrogens is 244 g/mol. The van der Waals surface area contributed by atoms with Crippen LogP contribution in [0.3, 0.4) is 0 Å². The first-order valence-electron chi connectivity index (χ1n) is 6.24. The first-order chi connectivity index (χ1) is 8.83. The molecule has 1 aromatic rings. The summed E-state index contributed by atoms with van der Waals surface area (Å²) in [4.78, 5) is 18.1. The molecule has 0 unspecified atom stereocenters. The topological polar surface area (TPSA) is 73.7 Å². The summed E-state index contributed by atoms with van der Waals surface area (Å²) in [5, 5.41) is 18.5. The van der Waals surface area contributed by atoms with Crippen molar-refractivity contribution in [1.82, 2.24) is 9.88 Å². The van der Waals surface area contributed by atoms with E-state index < -0.39 is 5.41 Å². The third-order valence-corrected chi connectivity index (χ3v) is 3.18. The van der Waals surface area contributed by atoms with Gasteiger partial charge in [-0.05, 0) is 26.0 Å². The average molecular weight is 266 g/mol. The van der Waals surface area contributed by atoms with Crippen molar-refractivity contribution < 1.29 is 15.0 Å². The molecule has 0 bridgehead atoms. The van der Waals surface area contributed by atoms with E-state index in [9.17, 15) is 15.0 Å². The molecule has 0 aliphatic carbocycles. The second kappa shape index (κ2) is 6.12. The molecule has 19 heavy (non-hydrogen) atoms. The van der Waals surface area contributed by atoms with Crippen LogP contribution in [0.25, 0.3) is 0 Å². The number of aliphatic hydroxyl groups is 2. The molecule has 0 fully saturated rings. The third-order valence-electron chi connectivity index (χ3n) is 3.18. The van der Waals surface area contributed by atoms with Crippen molar-refractivity contribution in [3.63, 3.8) is 0 Å². The number of pyridine rings is 1. The highest BCUT2D eigenvalue weighted by Crippen LogP contribution is 2.18. The lowest BCUT2D eigenvalue weighted by Gasteiger charge is -2.30. The summed E-state index contributed by atoms with van der Waals surface area (Å²) in [5.41, 5.74) is 1.40. The number of aromatic nitrogens is 1. The molecule has 1 rings (SSSR count). The van der Waals surface area contributed by atoms with Crippen molar-refractivity contribution >= 4 is 5.91 Å². The van der Waals surface area contributed by atoms with Gasteiger partial charge < -0.3 is 15.1 Å². The summed E-state index contributed by atoms with van der Waals surface area (Å²) in [6, 6.07) is 3.55. The smallest absolute Gasteiger partial charge is 0.255 e. The third kappa shape index (κ3) is 3.75. The van der Waals surface area contributed by atoms with E-state index >= 15 is 0 Å². The van der Waals surface area contributed by atoms with Crippen LogP contribution in [-0.2, 0) is 0 Å². The molecule has 0 aliphatic heterocycles. The number of nitrogens with zero attached hydrogens (tertiary/aromatic N) is 2. The van der Waals surface area contributed by atoms with Crippen LogP contribution in [0.15, 0.2) is 12.1 Å². The lowest BCUT2D eigenvalue weighted by molar-refractivity contribution is 0.0365. The van der Waals surface area contributed by atoms with Gasteiger partial charge in [-0.25, -0.2) is 0 Å². The average Bonchev–Trinajstić information content (AvgIpc) is 2.37. The van der Waals surface area contributed by atoms with Crippen LogP contribution >= 0.6 is 0 Å². The fourth-order valence-electron chi connectivity index (χ4n) is 1.91. The molecule has 106 valence electrons. The molecule has 2 N–H and O–H groups in total. The molecule has 0 saturated heterocycles. The predicted octanol–water partition coefficient (Wildman–Crippen LogP) is 0.761. The first-order valence-corrected chi connectivity index (χ1v) is 6.24. The Morgan fingerprint density at radius 1 is 1.32 bits per heavy atom. The number of rotatable bonds is 5. The maximum Gasteiger partial charge on any atom is 0.255 e. The van der Waals surface area contributed by atoms with Crippen molar-refractivity contribution in [1.29, 1.82) is 0 Å². The highest BCUT2D eigenvalue weighted by molar-refractivity contribution is 5.95. The van der Waals surface area contributed by atoms with Gasteiger partial charge in [-0.3, -0.25) is 9.78 Å². The van der Waals surface area contributed by atoms with Gasteiger partial charge in [0.15, 0.2) is 0 Å². The van der Waals surface area contributed by atoms with E-state index in [0.29, 0.717) is 11.3 Å². The van der Waals surface area contributed by atoms with Gasteiger partial charge in [0.1, 0.15) is 0 Å². The number of carbonyl (C=O) groups is 1. The lowest BCUT2D eigenvalue weighted by atomic mass is 9.92. The van der Waals surface area contributed by atoms with E-state index in [-0.39, 0.29) is 25.7 Å². The number of hydrogen-bond acceptors (Lipinski definition) is 4. The number of aliphatic hydroxyl groups excluding tert-OH is 2. The molecule has 0 aliphatic rings. The molecule has 0 aromatic carbocycles. The van der Waals surface area contributed by atoms with Crippen LogP contribution in [0.1, 0.15) is 28.7 Å². The Balaban J connectivity index is 2.88. The lowest BCUT2D eigenvalue weighted by Crippen LogP contribution is -2.41. The van der Waals surface area contributed by atoms with Gasteiger partial charge in [-0.15, -0.1) is 0 Å². The van der Waals surface area contributed by atoms with Crippen molar-refractivity contribution in [2.75, 3.05) is 26.8 Å². The normalized spacial score (nSPS) is 11.5. The molecule has 0 atom stereocenters. The molecule has 0 spiro atoms. The second-order valence-electron chi connectivity index (χ2n) is 5.37. The zero-order valence-corrected chi connectivity index (χ0v) is 12.0. The van der Waals surface area contributed by atoms with Crippen molar-refractivity contribution in [2.45, 2.75) is 20.8 Å². The van der Waals surface area contributed by atoms with Crippen LogP contribution in [0.4, 0.5) is 0 Å². The minimum atomic E-state index is -0.698. The summed E-state index contributed by atoms with van der Waals surface area (Å²) in [7, 11) is 1.66. The molecule has 1 heterocycles. The highest BCUT2D eigenvalue weighted by Gasteiger charge is 2.27. The SMILES string of the molecule is Cc1ccc(C(=O)N(C)CC(C)(CO)CO)c(C)n1. The minimum Gasteiger partial charge on any atom is -0.396 e. The first kappa shape index (κ1) is 15.6. The van der Waals surface area contributed by atoms with E-state index in [0.717, 1.165) is 5.69 Å². The predicted molar refractivity (Wildman–Crippen MR) is 73.0 cm³/mol. The molecule has 1 amide bonds. The summed E-state index contributed by atoms with van der Waals surface area (Å²) < 4.78 is 0. The zero-order chi connectivity index (χ0) is 14.6. The quantitative estimate of drug-likeness (QED) is 0.825. The van der Waals surface area contributed by atoms with Crippen molar-refractivity contribution in [2.24, 2.45) is 5.41 Å². The van der Waals surface area contributed by atoms with Crippen molar-refractivity contribution in [3.05, 3.63) is 29.1 Å². The zero-order valence-electron chi connectivity index (χ0n) is 12.0. The monoisotopic (exact) mass is 266 g/mol. The van der Waals surface area contributed by atoms with Crippen LogP contribution in [-0.4, -0.2) is 52.8 Å². The minimum absolute atomic E-state index is 0.155. The van der Waals surface area contributed by atoms with Gasteiger partial charge in [-0.1, -0.05) is 6.92 Å². The van der Waals surface area contributed by atoms with E-state index in [1.165, 1.54) is 4.90 Å². The Kier molecular flexibility index (Phi) is 5.03. The maximum absolute atomic E-state index is 12.3. The molecule has 1 aromatic heterocycles. The standard InChI is InChI=1S/C14H22N2O3/c1-10-5-6-12(11(2)15-10)13(19)16(4)7-14(3,8-17)9-18/h5-6,17-18H,7-9H2,1-4H3. The van der Waals surface area contributed by atoms with Crippen LogP contribution < -0.4 is 0 Å². The van der Waals surface area contributed by atoms with Gasteiger partial charge in [0.2, 0.25) is 0 Å². The highest BCUT2D eigenvalue weighted by atomic mass is 16.3. The molecule has 5 nitrogen and oxygen atoms in total. The molecule has 5 heteroatoms. The van der Waals surface area contributed by atoms with E-state index in [4.69, 9.17) is 0 Å². The summed E-state index contributed by atoms with van der Waals surface area (Å²) in [6.45, 7) is 5.34. The van der Waals surface area contributed by atoms with Gasteiger partial charge in [-0.2, -0.15) is 0 Å². The Bertz CT molecular complexity index is 456. The number of hydrogen-bond donors (Lipinski definition) is 2. The Hall–Kier alpha value is -1.46. The summed E-state index contributed by atoms with van der Waals surface area (Å²) in [6.07, 6.45) is 0. The maximum atomic E-state index is 12.3. The molecule has 0 radical (unpaired) electrons. The summed E-state index contributed by atoms with van der Waals surface area (Å²) in [5.74, 6) is -0.155. The van der Waals surface area contributed by atoms with Crippen LogP contribution in [0.2, 0.25) is 0 Å². The molecular formula is C14H22N2O3. The van der Waals surface area contributed by atoms with E-state index in [1.54, 1.807) is 33.0 Å². The van der Waals surface area contributed by atoms with Gasteiger partial charge in [0.05, 0.1) is 24.5 Å². The van der Waals surface area contributed by atoms with Gasteiger partial charge >= 0.3 is 0 Å². The number of amides is 1. The molecule has 0 saturated carbocycles. The largest absolute Gasteiger partial charge is 0.396 e. The van der Waals surface area contributed by atoms with E-state index in [1.807, 2.05) is 6.92 Å². The second-order valence-corrected chi connectivity index (χ2v) is 5.37. The van der Waals surface area contributed by atoms with Crippen LogP contribution in [0.5, 0.6) is 0 Å². The number of aryl methyl sites for hydroxylation is 2. The van der Waals surface area contributed by atoms with Crippen LogP contribution in [0, 0.1) is 19.3 Å². The Morgan fingerprint density at radius 2 is 1.89 bits per heavy atom. The summed E-state index contributed by atoms with van der Waals surface area (Å²) >= 11 is 0. The van der Waals surface area contributed by atoms with Gasteiger partial charge in [0.25, 0.3) is 5.91 Å².